The Morgan fingerprint density at radius 3 is 2.09 bits per heavy atom. The average molecular weight is 471 g/mol. The maximum absolute atomic E-state index is 11.5. The summed E-state index contributed by atoms with van der Waals surface area (Å²) < 4.78 is 24.6. The molecule has 2 heterocycles. The molecule has 5 atom stereocenters. The van der Waals surface area contributed by atoms with E-state index >= 15 is 0 Å². The first-order valence-electron chi connectivity index (χ1n) is 11.0. The van der Waals surface area contributed by atoms with E-state index < -0.39 is 12.2 Å². The fourth-order valence-corrected chi connectivity index (χ4v) is 5.02. The van der Waals surface area contributed by atoms with E-state index in [0.717, 1.165) is 16.3 Å². The SMILES string of the molecule is CC(=O)OCC1OC2SC(N(C)C)=NC2C(OCc2ccccc2)C1OCc1ccccc1. The predicted molar refractivity (Wildman–Crippen MR) is 128 cm³/mol. The zero-order chi connectivity index (χ0) is 23.2. The van der Waals surface area contributed by atoms with Gasteiger partial charge in [-0.15, -0.1) is 0 Å². The molecule has 0 N–H and O–H groups in total. The Morgan fingerprint density at radius 2 is 1.55 bits per heavy atom. The van der Waals surface area contributed by atoms with Gasteiger partial charge in [0.05, 0.1) is 13.2 Å². The van der Waals surface area contributed by atoms with Crippen LogP contribution in [0.2, 0.25) is 0 Å². The molecule has 4 rings (SSSR count). The largest absolute Gasteiger partial charge is 0.463 e. The molecule has 5 unspecified atom stereocenters. The number of hydrogen-bond donors (Lipinski definition) is 0. The summed E-state index contributed by atoms with van der Waals surface area (Å²) in [5.41, 5.74) is 1.88. The van der Waals surface area contributed by atoms with Crippen molar-refractivity contribution >= 4 is 22.9 Å². The van der Waals surface area contributed by atoms with Gasteiger partial charge in [0.2, 0.25) is 0 Å². The number of esters is 1. The van der Waals surface area contributed by atoms with Gasteiger partial charge in [-0.25, -0.2) is 0 Å². The fraction of sp³-hybridized carbons (Fsp3) is 0.440. The van der Waals surface area contributed by atoms with Crippen molar-refractivity contribution in [1.29, 1.82) is 0 Å². The van der Waals surface area contributed by atoms with E-state index in [1.807, 2.05) is 79.7 Å². The minimum Gasteiger partial charge on any atom is -0.463 e. The molecule has 0 spiro atoms. The Kier molecular flexibility index (Phi) is 8.03. The van der Waals surface area contributed by atoms with Crippen LogP contribution in [0.3, 0.4) is 0 Å². The molecule has 7 nitrogen and oxygen atoms in total. The standard InChI is InChI=1S/C25H30N2O5S/c1-17(28)29-16-20-22(30-14-18-10-6-4-7-11-18)23(31-15-19-12-8-5-9-13-19)21-24(32-20)33-25(26-21)27(2)3/h4-13,20-24H,14-16H2,1-3H3. The van der Waals surface area contributed by atoms with Gasteiger partial charge in [0.1, 0.15) is 36.4 Å². The Bertz CT molecular complexity index is 940. The number of benzene rings is 2. The van der Waals surface area contributed by atoms with Crippen LogP contribution in [0, 0.1) is 0 Å². The van der Waals surface area contributed by atoms with E-state index in [9.17, 15) is 4.79 Å². The molecule has 1 saturated heterocycles. The molecule has 1 fully saturated rings. The predicted octanol–water partition coefficient (Wildman–Crippen LogP) is 3.48. The zero-order valence-corrected chi connectivity index (χ0v) is 19.9. The number of fused-ring (bicyclic) bond motifs is 1. The molecule has 0 aromatic heterocycles. The van der Waals surface area contributed by atoms with Gasteiger partial charge in [0, 0.05) is 21.0 Å². The summed E-state index contributed by atoms with van der Waals surface area (Å²) in [5, 5.41) is 0.883. The zero-order valence-electron chi connectivity index (χ0n) is 19.1. The lowest BCUT2D eigenvalue weighted by Gasteiger charge is -2.42. The monoisotopic (exact) mass is 470 g/mol. The van der Waals surface area contributed by atoms with Crippen molar-refractivity contribution in [3.63, 3.8) is 0 Å². The van der Waals surface area contributed by atoms with Crippen molar-refractivity contribution in [2.75, 3.05) is 20.7 Å². The van der Waals surface area contributed by atoms with Gasteiger partial charge >= 0.3 is 5.97 Å². The van der Waals surface area contributed by atoms with Crippen LogP contribution in [0.15, 0.2) is 65.7 Å². The number of carbonyl (C=O) groups excluding carboxylic acids is 1. The molecular weight excluding hydrogens is 440 g/mol. The van der Waals surface area contributed by atoms with Crippen LogP contribution < -0.4 is 0 Å². The number of hydrogen-bond acceptors (Lipinski definition) is 8. The first kappa shape index (κ1) is 23.8. The van der Waals surface area contributed by atoms with E-state index in [0.29, 0.717) is 13.2 Å². The van der Waals surface area contributed by atoms with Gasteiger partial charge in [0.25, 0.3) is 0 Å². The number of thioether (sulfide) groups is 1. The highest BCUT2D eigenvalue weighted by Gasteiger charge is 2.51. The third kappa shape index (κ3) is 6.14. The molecule has 0 amide bonds. The van der Waals surface area contributed by atoms with Gasteiger partial charge in [-0.2, -0.15) is 0 Å². The number of carbonyl (C=O) groups is 1. The van der Waals surface area contributed by atoms with Crippen molar-refractivity contribution in [1.82, 2.24) is 4.90 Å². The van der Waals surface area contributed by atoms with Crippen molar-refractivity contribution in [3.05, 3.63) is 71.8 Å². The molecule has 2 aromatic rings. The van der Waals surface area contributed by atoms with Gasteiger partial charge in [-0.3, -0.25) is 9.79 Å². The van der Waals surface area contributed by atoms with E-state index in [4.69, 9.17) is 23.9 Å². The summed E-state index contributed by atoms with van der Waals surface area (Å²) in [4.78, 5) is 18.4. The van der Waals surface area contributed by atoms with E-state index in [-0.39, 0.29) is 30.2 Å². The van der Waals surface area contributed by atoms with Crippen molar-refractivity contribution in [2.45, 2.75) is 49.9 Å². The lowest BCUT2D eigenvalue weighted by Crippen LogP contribution is -2.58. The molecule has 33 heavy (non-hydrogen) atoms. The Balaban J connectivity index is 1.59. The van der Waals surface area contributed by atoms with Crippen LogP contribution in [0.1, 0.15) is 18.1 Å². The van der Waals surface area contributed by atoms with Crippen LogP contribution in [0.4, 0.5) is 0 Å². The third-order valence-electron chi connectivity index (χ3n) is 5.50. The quantitative estimate of drug-likeness (QED) is 0.547. The van der Waals surface area contributed by atoms with Gasteiger partial charge in [0.15, 0.2) is 5.17 Å². The maximum Gasteiger partial charge on any atom is 0.302 e. The second-order valence-electron chi connectivity index (χ2n) is 8.28. The minimum atomic E-state index is -0.469. The van der Waals surface area contributed by atoms with Crippen molar-refractivity contribution < 1.29 is 23.7 Å². The lowest BCUT2D eigenvalue weighted by molar-refractivity contribution is -0.209. The average Bonchev–Trinajstić information content (AvgIpc) is 3.25. The summed E-state index contributed by atoms with van der Waals surface area (Å²) in [5.74, 6) is -0.353. The first-order valence-corrected chi connectivity index (χ1v) is 11.9. The molecule has 0 saturated carbocycles. The molecule has 2 aliphatic heterocycles. The Morgan fingerprint density at radius 1 is 0.970 bits per heavy atom. The summed E-state index contributed by atoms with van der Waals surface area (Å²) in [6.07, 6.45) is -1.29. The van der Waals surface area contributed by atoms with E-state index in [2.05, 4.69) is 0 Å². The summed E-state index contributed by atoms with van der Waals surface area (Å²) in [6, 6.07) is 19.8. The maximum atomic E-state index is 11.5. The molecule has 8 heteroatoms. The van der Waals surface area contributed by atoms with Crippen molar-refractivity contribution in [3.8, 4) is 0 Å². The molecule has 176 valence electrons. The second-order valence-corrected chi connectivity index (χ2v) is 9.35. The highest BCUT2D eigenvalue weighted by atomic mass is 32.2. The van der Waals surface area contributed by atoms with Crippen LogP contribution in [0.5, 0.6) is 0 Å². The van der Waals surface area contributed by atoms with Gasteiger partial charge in [-0.1, -0.05) is 72.4 Å². The molecule has 2 aliphatic rings. The highest BCUT2D eigenvalue weighted by Crippen LogP contribution is 2.39. The first-order chi connectivity index (χ1) is 16.0. The molecule has 0 aliphatic carbocycles. The molecule has 2 aromatic carbocycles. The molecule has 0 radical (unpaired) electrons. The van der Waals surface area contributed by atoms with Crippen molar-refractivity contribution in [2.24, 2.45) is 4.99 Å². The lowest BCUT2D eigenvalue weighted by atomic mass is 9.97. The summed E-state index contributed by atoms with van der Waals surface area (Å²) in [6.45, 7) is 2.32. The molecular formula is C25H30N2O5S. The van der Waals surface area contributed by atoms with Crippen LogP contribution in [0.25, 0.3) is 0 Å². The smallest absolute Gasteiger partial charge is 0.302 e. The van der Waals surface area contributed by atoms with Crippen LogP contribution >= 0.6 is 11.8 Å². The van der Waals surface area contributed by atoms with Crippen LogP contribution in [-0.2, 0) is 37.0 Å². The number of rotatable bonds is 8. The van der Waals surface area contributed by atoms with Crippen LogP contribution in [-0.4, -0.2) is 66.5 Å². The third-order valence-corrected chi connectivity index (χ3v) is 6.80. The Labute approximate surface area is 199 Å². The minimum absolute atomic E-state index is 0.0983. The number of aliphatic imine (C=N–C) groups is 1. The van der Waals surface area contributed by atoms with E-state index in [1.165, 1.54) is 6.92 Å². The number of amidine groups is 1. The Hall–Kier alpha value is -2.39. The topological polar surface area (TPSA) is 69.6 Å². The van der Waals surface area contributed by atoms with Gasteiger partial charge in [-0.05, 0) is 11.1 Å². The highest BCUT2D eigenvalue weighted by molar-refractivity contribution is 8.14. The van der Waals surface area contributed by atoms with E-state index in [1.54, 1.807) is 11.8 Å². The number of nitrogens with zero attached hydrogens (tertiary/aromatic N) is 2. The summed E-state index contributed by atoms with van der Waals surface area (Å²) in [7, 11) is 3.92. The number of ether oxygens (including phenoxy) is 4. The second kappa shape index (κ2) is 11.2. The van der Waals surface area contributed by atoms with Gasteiger partial charge < -0.3 is 23.8 Å². The fourth-order valence-electron chi connectivity index (χ4n) is 3.87. The summed E-state index contributed by atoms with van der Waals surface area (Å²) >= 11 is 1.56. The molecule has 0 bridgehead atoms. The normalized spacial score (nSPS) is 26.4.